The van der Waals surface area contributed by atoms with E-state index in [1.54, 1.807) is 10.9 Å². The number of aryl methyl sites for hydroxylation is 1. The molecule has 0 radical (unpaired) electrons. The van der Waals surface area contributed by atoms with Crippen LogP contribution in [-0.4, -0.2) is 14.8 Å². The van der Waals surface area contributed by atoms with Crippen LogP contribution in [0, 0.1) is 0 Å². The third-order valence-electron chi connectivity index (χ3n) is 6.65. The summed E-state index contributed by atoms with van der Waals surface area (Å²) in [6.45, 7) is 0. The number of benzene rings is 4. The molecular formula is C33H24N4O2. The summed E-state index contributed by atoms with van der Waals surface area (Å²) in [6.07, 6.45) is 3.74. The fourth-order valence-corrected chi connectivity index (χ4v) is 4.88. The largest absolute Gasteiger partial charge is 0.453 e. The Morgan fingerprint density at radius 1 is 0.744 bits per heavy atom. The Balaban J connectivity index is 1.35. The van der Waals surface area contributed by atoms with Crippen molar-refractivity contribution in [3.05, 3.63) is 128 Å². The van der Waals surface area contributed by atoms with Crippen molar-refractivity contribution in [3.8, 4) is 22.8 Å². The third kappa shape index (κ3) is 4.28. The fraction of sp³-hybridized carbons (Fsp3) is 0.0303. The number of ether oxygens (including phenoxy) is 1. The second-order valence-corrected chi connectivity index (χ2v) is 9.28. The molecule has 0 aliphatic carbocycles. The summed E-state index contributed by atoms with van der Waals surface area (Å²) in [7, 11) is 1.91. The first-order valence-corrected chi connectivity index (χ1v) is 12.7. The number of anilines is 3. The molecule has 0 aliphatic rings. The van der Waals surface area contributed by atoms with Crippen LogP contribution < -0.4 is 9.64 Å². The Morgan fingerprint density at radius 3 is 2.38 bits per heavy atom. The van der Waals surface area contributed by atoms with Crippen molar-refractivity contribution in [1.29, 1.82) is 0 Å². The Kier molecular flexibility index (Phi) is 5.56. The molecule has 6 heteroatoms. The third-order valence-corrected chi connectivity index (χ3v) is 6.65. The van der Waals surface area contributed by atoms with Crippen molar-refractivity contribution in [2.24, 2.45) is 7.05 Å². The highest BCUT2D eigenvalue weighted by atomic mass is 16.5. The van der Waals surface area contributed by atoms with E-state index in [2.05, 4.69) is 45.3 Å². The van der Waals surface area contributed by atoms with Crippen molar-refractivity contribution < 1.29 is 9.15 Å². The molecule has 39 heavy (non-hydrogen) atoms. The van der Waals surface area contributed by atoms with Gasteiger partial charge in [-0.1, -0.05) is 48.5 Å². The minimum absolute atomic E-state index is 0.630. The summed E-state index contributed by atoms with van der Waals surface area (Å²) >= 11 is 0. The van der Waals surface area contributed by atoms with Gasteiger partial charge in [0.2, 0.25) is 0 Å². The van der Waals surface area contributed by atoms with E-state index in [-0.39, 0.29) is 0 Å². The second-order valence-electron chi connectivity index (χ2n) is 9.28. The van der Waals surface area contributed by atoms with Gasteiger partial charge in [-0.3, -0.25) is 9.58 Å². The lowest BCUT2D eigenvalue weighted by Crippen LogP contribution is -2.11. The number of hydrogen-bond acceptors (Lipinski definition) is 5. The first-order chi connectivity index (χ1) is 19.2. The molecule has 0 spiro atoms. The molecule has 4 aromatic carbocycles. The second kappa shape index (κ2) is 9.50. The summed E-state index contributed by atoms with van der Waals surface area (Å²) in [4.78, 5) is 6.72. The highest BCUT2D eigenvalue weighted by molar-refractivity contribution is 6.08. The van der Waals surface area contributed by atoms with Gasteiger partial charge in [0.25, 0.3) is 0 Å². The quantitative estimate of drug-likeness (QED) is 0.225. The number of para-hydroxylation sites is 2. The summed E-state index contributed by atoms with van der Waals surface area (Å²) < 4.78 is 14.7. The van der Waals surface area contributed by atoms with Crippen LogP contribution >= 0.6 is 0 Å². The minimum atomic E-state index is 0.630. The summed E-state index contributed by atoms with van der Waals surface area (Å²) in [5, 5.41) is 6.64. The Bertz CT molecular complexity index is 1870. The molecule has 0 saturated carbocycles. The Hall–Kier alpha value is -5.36. The van der Waals surface area contributed by atoms with Crippen molar-refractivity contribution in [1.82, 2.24) is 14.8 Å². The smallest absolute Gasteiger partial charge is 0.177 e. The first-order valence-electron chi connectivity index (χ1n) is 12.7. The van der Waals surface area contributed by atoms with Gasteiger partial charge in [0.15, 0.2) is 11.3 Å². The molecule has 0 bridgehead atoms. The van der Waals surface area contributed by atoms with Crippen LogP contribution in [0.3, 0.4) is 0 Å². The molecule has 7 rings (SSSR count). The van der Waals surface area contributed by atoms with Gasteiger partial charge in [-0.15, -0.1) is 0 Å². The van der Waals surface area contributed by atoms with Gasteiger partial charge in [0.05, 0.1) is 11.4 Å². The van der Waals surface area contributed by atoms with Crippen molar-refractivity contribution >= 4 is 39.1 Å². The maximum atomic E-state index is 6.58. The topological polar surface area (TPSA) is 56.3 Å². The zero-order chi connectivity index (χ0) is 26.2. The Labute approximate surface area is 225 Å². The standard InChI is InChI=1S/C33H24N4O2/c1-36-19-17-29(35-36)23-20-28-27-14-5-6-15-30(27)39-33(28)31(21-23)38-26-13-9-12-25(22-26)37(24-10-3-2-4-11-24)32-16-7-8-18-34-32/h2-22H,1H3. The molecule has 0 aliphatic heterocycles. The van der Waals surface area contributed by atoms with Crippen molar-refractivity contribution in [2.75, 3.05) is 4.90 Å². The molecule has 0 amide bonds. The minimum Gasteiger partial charge on any atom is -0.453 e. The fourth-order valence-electron chi connectivity index (χ4n) is 4.88. The van der Waals surface area contributed by atoms with Gasteiger partial charge in [-0.05, 0) is 60.7 Å². The number of aromatic nitrogens is 3. The maximum absolute atomic E-state index is 6.58. The van der Waals surface area contributed by atoms with Crippen LogP contribution in [0.2, 0.25) is 0 Å². The zero-order valence-electron chi connectivity index (χ0n) is 21.2. The van der Waals surface area contributed by atoms with Crippen LogP contribution in [0.15, 0.2) is 132 Å². The molecule has 3 aromatic heterocycles. The molecule has 0 saturated heterocycles. The first kappa shape index (κ1) is 22.8. The molecule has 0 fully saturated rings. The highest BCUT2D eigenvalue weighted by Gasteiger charge is 2.18. The van der Waals surface area contributed by atoms with E-state index in [1.807, 2.05) is 98.2 Å². The van der Waals surface area contributed by atoms with E-state index >= 15 is 0 Å². The van der Waals surface area contributed by atoms with E-state index < -0.39 is 0 Å². The molecular weight excluding hydrogens is 484 g/mol. The normalized spacial score (nSPS) is 11.2. The molecule has 188 valence electrons. The maximum Gasteiger partial charge on any atom is 0.177 e. The van der Waals surface area contributed by atoms with Crippen LogP contribution in [0.25, 0.3) is 33.2 Å². The number of pyridine rings is 1. The van der Waals surface area contributed by atoms with Gasteiger partial charge in [0, 0.05) is 47.5 Å². The van der Waals surface area contributed by atoms with Crippen molar-refractivity contribution in [3.63, 3.8) is 0 Å². The molecule has 7 aromatic rings. The SMILES string of the molecule is Cn1ccc(-c2cc(Oc3cccc(N(c4ccccc4)c4ccccn4)c3)c3oc4ccccc4c3c2)n1. The number of nitrogens with zero attached hydrogens (tertiary/aromatic N) is 4. The van der Waals surface area contributed by atoms with Crippen LogP contribution in [-0.2, 0) is 7.05 Å². The highest BCUT2D eigenvalue weighted by Crippen LogP contribution is 2.41. The number of furan rings is 1. The van der Waals surface area contributed by atoms with E-state index in [1.165, 1.54) is 0 Å². The Morgan fingerprint density at radius 2 is 1.56 bits per heavy atom. The van der Waals surface area contributed by atoms with E-state index in [0.29, 0.717) is 17.1 Å². The van der Waals surface area contributed by atoms with E-state index in [0.717, 1.165) is 44.8 Å². The lowest BCUT2D eigenvalue weighted by atomic mass is 10.1. The zero-order valence-corrected chi connectivity index (χ0v) is 21.2. The molecule has 3 heterocycles. The molecule has 0 N–H and O–H groups in total. The van der Waals surface area contributed by atoms with Gasteiger partial charge < -0.3 is 9.15 Å². The van der Waals surface area contributed by atoms with E-state index in [9.17, 15) is 0 Å². The lowest BCUT2D eigenvalue weighted by Gasteiger charge is -2.24. The molecule has 0 atom stereocenters. The van der Waals surface area contributed by atoms with E-state index in [4.69, 9.17) is 9.15 Å². The van der Waals surface area contributed by atoms with Crippen molar-refractivity contribution in [2.45, 2.75) is 0 Å². The summed E-state index contributed by atoms with van der Waals surface area (Å²) in [5.74, 6) is 2.13. The average Bonchev–Trinajstić information content (AvgIpc) is 3.58. The molecule has 6 nitrogen and oxygen atoms in total. The van der Waals surface area contributed by atoms with Gasteiger partial charge >= 0.3 is 0 Å². The summed E-state index contributed by atoms with van der Waals surface area (Å²) in [6, 6.07) is 38.2. The predicted octanol–water partition coefficient (Wildman–Crippen LogP) is 8.64. The summed E-state index contributed by atoms with van der Waals surface area (Å²) in [5.41, 5.74) is 5.28. The van der Waals surface area contributed by atoms with Gasteiger partial charge in [-0.25, -0.2) is 4.98 Å². The van der Waals surface area contributed by atoms with Gasteiger partial charge in [0.1, 0.15) is 17.2 Å². The lowest BCUT2D eigenvalue weighted by molar-refractivity contribution is 0.476. The van der Waals surface area contributed by atoms with Crippen LogP contribution in [0.4, 0.5) is 17.2 Å². The number of rotatable bonds is 6. The number of fused-ring (bicyclic) bond motifs is 3. The average molecular weight is 509 g/mol. The molecule has 0 unspecified atom stereocenters. The number of hydrogen-bond donors (Lipinski definition) is 0. The van der Waals surface area contributed by atoms with Crippen LogP contribution in [0.5, 0.6) is 11.5 Å². The van der Waals surface area contributed by atoms with Gasteiger partial charge in [-0.2, -0.15) is 5.10 Å². The predicted molar refractivity (Wildman–Crippen MR) is 155 cm³/mol. The monoisotopic (exact) mass is 508 g/mol. The van der Waals surface area contributed by atoms with Crippen LogP contribution in [0.1, 0.15) is 0 Å².